The van der Waals surface area contributed by atoms with Crippen molar-refractivity contribution in [1.82, 2.24) is 24.9 Å². The number of carbonyl (C=O) groups is 1. The van der Waals surface area contributed by atoms with Crippen LogP contribution < -0.4 is 0 Å². The number of amides is 1. The second-order valence-corrected chi connectivity index (χ2v) is 7.62. The highest BCUT2D eigenvalue weighted by Gasteiger charge is 2.35. The van der Waals surface area contributed by atoms with Gasteiger partial charge in [0.05, 0.1) is 11.7 Å². The summed E-state index contributed by atoms with van der Waals surface area (Å²) in [4.78, 5) is 26.4. The van der Waals surface area contributed by atoms with Gasteiger partial charge in [-0.2, -0.15) is 0 Å². The standard InChI is InChI=1S/C19H25N5O2/c1-12(2)15-9-17(26-22-15)19(25)24-7-4-5-16(24)18-20-10-13-11-23(3)8-6-14(13)21-18/h9-10,12,16H,4-8,11H2,1-3H3. The normalized spacial score (nSPS) is 20.6. The van der Waals surface area contributed by atoms with Crippen LogP contribution in [-0.4, -0.2) is 51.0 Å². The van der Waals surface area contributed by atoms with Gasteiger partial charge in [-0.25, -0.2) is 9.97 Å². The van der Waals surface area contributed by atoms with Crippen LogP contribution in [0.25, 0.3) is 0 Å². The van der Waals surface area contributed by atoms with Gasteiger partial charge >= 0.3 is 0 Å². The molecule has 4 heterocycles. The van der Waals surface area contributed by atoms with Gasteiger partial charge in [-0.3, -0.25) is 4.79 Å². The van der Waals surface area contributed by atoms with Crippen LogP contribution in [-0.2, 0) is 13.0 Å². The van der Waals surface area contributed by atoms with Crippen molar-refractivity contribution < 1.29 is 9.32 Å². The van der Waals surface area contributed by atoms with E-state index >= 15 is 0 Å². The lowest BCUT2D eigenvalue weighted by molar-refractivity contribution is 0.0687. The summed E-state index contributed by atoms with van der Waals surface area (Å²) in [6, 6.07) is 1.67. The number of hydrogen-bond donors (Lipinski definition) is 0. The van der Waals surface area contributed by atoms with E-state index in [0.717, 1.165) is 49.6 Å². The average molecular weight is 355 g/mol. The summed E-state index contributed by atoms with van der Waals surface area (Å²) in [6.45, 7) is 6.66. The molecule has 26 heavy (non-hydrogen) atoms. The summed E-state index contributed by atoms with van der Waals surface area (Å²) in [6.07, 6.45) is 4.70. The molecule has 7 nitrogen and oxygen atoms in total. The van der Waals surface area contributed by atoms with Crippen molar-refractivity contribution in [2.75, 3.05) is 20.1 Å². The monoisotopic (exact) mass is 355 g/mol. The molecule has 2 aliphatic heterocycles. The fourth-order valence-corrected chi connectivity index (χ4v) is 3.71. The molecule has 4 rings (SSSR count). The maximum absolute atomic E-state index is 12.9. The maximum atomic E-state index is 12.9. The van der Waals surface area contributed by atoms with Crippen LogP contribution in [0, 0.1) is 0 Å². The van der Waals surface area contributed by atoms with Crippen molar-refractivity contribution in [3.8, 4) is 0 Å². The summed E-state index contributed by atoms with van der Waals surface area (Å²) in [7, 11) is 2.11. The number of likely N-dealkylation sites (N-methyl/N-ethyl adjacent to an activating group) is 1. The van der Waals surface area contributed by atoms with Crippen molar-refractivity contribution in [2.45, 2.75) is 51.6 Å². The zero-order valence-corrected chi connectivity index (χ0v) is 15.6. The van der Waals surface area contributed by atoms with E-state index in [4.69, 9.17) is 9.51 Å². The predicted octanol–water partition coefficient (Wildman–Crippen LogP) is 2.55. The largest absolute Gasteiger partial charge is 0.351 e. The molecule has 0 aliphatic carbocycles. The molecule has 1 amide bonds. The third-order valence-corrected chi connectivity index (χ3v) is 5.29. The number of rotatable bonds is 3. The minimum Gasteiger partial charge on any atom is -0.351 e. The van der Waals surface area contributed by atoms with Gasteiger partial charge in [-0.1, -0.05) is 19.0 Å². The lowest BCUT2D eigenvalue weighted by Crippen LogP contribution is -2.32. The van der Waals surface area contributed by atoms with Gasteiger partial charge in [0.25, 0.3) is 5.91 Å². The molecular weight excluding hydrogens is 330 g/mol. The second kappa shape index (κ2) is 6.79. The van der Waals surface area contributed by atoms with Crippen LogP contribution in [0.4, 0.5) is 0 Å². The number of hydrogen-bond acceptors (Lipinski definition) is 6. The lowest BCUT2D eigenvalue weighted by Gasteiger charge is -2.26. The number of likely N-dealkylation sites (tertiary alicyclic amines) is 1. The highest BCUT2D eigenvalue weighted by molar-refractivity contribution is 5.92. The Bertz CT molecular complexity index is 816. The van der Waals surface area contributed by atoms with E-state index in [1.165, 1.54) is 5.56 Å². The highest BCUT2D eigenvalue weighted by atomic mass is 16.5. The summed E-state index contributed by atoms with van der Waals surface area (Å²) >= 11 is 0. The fourth-order valence-electron chi connectivity index (χ4n) is 3.71. The van der Waals surface area contributed by atoms with Crippen molar-refractivity contribution in [2.24, 2.45) is 0 Å². The fraction of sp³-hybridized carbons (Fsp3) is 0.579. The van der Waals surface area contributed by atoms with Crippen LogP contribution in [0.3, 0.4) is 0 Å². The van der Waals surface area contributed by atoms with Crippen LogP contribution in [0.2, 0.25) is 0 Å². The van der Waals surface area contributed by atoms with Crippen LogP contribution in [0.1, 0.15) is 72.0 Å². The number of nitrogens with zero attached hydrogens (tertiary/aromatic N) is 5. The van der Waals surface area contributed by atoms with E-state index in [0.29, 0.717) is 12.3 Å². The highest BCUT2D eigenvalue weighted by Crippen LogP contribution is 2.32. The molecule has 2 aromatic rings. The molecule has 0 N–H and O–H groups in total. The second-order valence-electron chi connectivity index (χ2n) is 7.62. The zero-order valence-electron chi connectivity index (χ0n) is 15.6. The SMILES string of the molecule is CC(C)c1cc(C(=O)N2CCCC2c2ncc3c(n2)CCN(C)C3)on1. The Morgan fingerprint density at radius 2 is 2.19 bits per heavy atom. The van der Waals surface area contributed by atoms with Gasteiger partial charge < -0.3 is 14.3 Å². The topological polar surface area (TPSA) is 75.4 Å². The first-order valence-corrected chi connectivity index (χ1v) is 9.33. The molecule has 0 radical (unpaired) electrons. The van der Waals surface area contributed by atoms with E-state index in [2.05, 4.69) is 22.1 Å². The Morgan fingerprint density at radius 3 is 2.96 bits per heavy atom. The summed E-state index contributed by atoms with van der Waals surface area (Å²) in [5, 5.41) is 4.01. The molecule has 1 saturated heterocycles. The minimum absolute atomic E-state index is 0.0833. The van der Waals surface area contributed by atoms with E-state index in [1.807, 2.05) is 24.9 Å². The summed E-state index contributed by atoms with van der Waals surface area (Å²) in [5.41, 5.74) is 3.11. The third-order valence-electron chi connectivity index (χ3n) is 5.29. The smallest absolute Gasteiger partial charge is 0.293 e. The Balaban J connectivity index is 1.57. The van der Waals surface area contributed by atoms with Crippen molar-refractivity contribution in [3.05, 3.63) is 40.8 Å². The van der Waals surface area contributed by atoms with Gasteiger partial charge in [0.2, 0.25) is 5.76 Å². The van der Waals surface area contributed by atoms with E-state index in [1.54, 1.807) is 6.07 Å². The van der Waals surface area contributed by atoms with Crippen LogP contribution in [0.5, 0.6) is 0 Å². The van der Waals surface area contributed by atoms with Gasteiger partial charge in [0.15, 0.2) is 5.82 Å². The zero-order chi connectivity index (χ0) is 18.3. The molecule has 0 saturated carbocycles. The Hall–Kier alpha value is -2.28. The number of aromatic nitrogens is 3. The van der Waals surface area contributed by atoms with E-state index in [-0.39, 0.29) is 17.9 Å². The van der Waals surface area contributed by atoms with Crippen molar-refractivity contribution >= 4 is 5.91 Å². The molecule has 0 bridgehead atoms. The van der Waals surface area contributed by atoms with Gasteiger partial charge in [0.1, 0.15) is 0 Å². The van der Waals surface area contributed by atoms with Gasteiger partial charge in [-0.05, 0) is 25.8 Å². The first kappa shape index (κ1) is 17.1. The molecule has 0 spiro atoms. The molecule has 1 atom stereocenters. The minimum atomic E-state index is -0.118. The third kappa shape index (κ3) is 3.11. The number of carbonyl (C=O) groups excluding carboxylic acids is 1. The van der Waals surface area contributed by atoms with E-state index < -0.39 is 0 Å². The molecule has 138 valence electrons. The first-order chi connectivity index (χ1) is 12.5. The summed E-state index contributed by atoms with van der Waals surface area (Å²) in [5.74, 6) is 1.17. The molecule has 2 aliphatic rings. The molecule has 7 heteroatoms. The predicted molar refractivity (Wildman–Crippen MR) is 95.7 cm³/mol. The quantitative estimate of drug-likeness (QED) is 0.842. The number of fused-ring (bicyclic) bond motifs is 1. The molecule has 2 aromatic heterocycles. The Kier molecular flexibility index (Phi) is 4.48. The van der Waals surface area contributed by atoms with Gasteiger partial charge in [0, 0.05) is 49.6 Å². The van der Waals surface area contributed by atoms with Crippen LogP contribution >= 0.6 is 0 Å². The molecule has 1 fully saturated rings. The van der Waals surface area contributed by atoms with Crippen LogP contribution in [0.15, 0.2) is 16.8 Å². The molecular formula is C19H25N5O2. The summed E-state index contributed by atoms with van der Waals surface area (Å²) < 4.78 is 5.30. The first-order valence-electron chi connectivity index (χ1n) is 9.33. The molecule has 1 unspecified atom stereocenters. The van der Waals surface area contributed by atoms with Crippen molar-refractivity contribution in [3.63, 3.8) is 0 Å². The maximum Gasteiger partial charge on any atom is 0.293 e. The van der Waals surface area contributed by atoms with Gasteiger partial charge in [-0.15, -0.1) is 0 Å². The van der Waals surface area contributed by atoms with Crippen molar-refractivity contribution in [1.29, 1.82) is 0 Å². The lowest BCUT2D eigenvalue weighted by atomic mass is 10.1. The van der Waals surface area contributed by atoms with E-state index in [9.17, 15) is 4.79 Å². The Labute approximate surface area is 153 Å². The average Bonchev–Trinajstić information content (AvgIpc) is 3.30. The molecule has 0 aromatic carbocycles. The Morgan fingerprint density at radius 1 is 1.35 bits per heavy atom.